The Kier molecular flexibility index (Phi) is 3.61. The van der Waals surface area contributed by atoms with Gasteiger partial charge in [-0.15, -0.1) is 10.2 Å². The van der Waals surface area contributed by atoms with Crippen molar-refractivity contribution in [2.24, 2.45) is 0 Å². The van der Waals surface area contributed by atoms with Gasteiger partial charge in [-0.3, -0.25) is 9.78 Å². The van der Waals surface area contributed by atoms with E-state index in [0.29, 0.717) is 18.5 Å². The van der Waals surface area contributed by atoms with E-state index in [9.17, 15) is 4.79 Å². The molecule has 1 aliphatic rings. The van der Waals surface area contributed by atoms with Gasteiger partial charge in [-0.05, 0) is 53.6 Å². The van der Waals surface area contributed by atoms with E-state index in [4.69, 9.17) is 5.10 Å². The fraction of sp³-hybridized carbons (Fsp3) is 0.0870. The van der Waals surface area contributed by atoms with Crippen LogP contribution in [0.15, 0.2) is 66.9 Å². The van der Waals surface area contributed by atoms with E-state index in [1.54, 1.807) is 10.7 Å². The second kappa shape index (κ2) is 6.45. The summed E-state index contributed by atoms with van der Waals surface area (Å²) < 4.78 is 1.79. The molecule has 0 radical (unpaired) electrons. The smallest absolute Gasteiger partial charge is 0.228 e. The van der Waals surface area contributed by atoms with Gasteiger partial charge in [0.15, 0.2) is 11.5 Å². The molecule has 0 saturated heterocycles. The summed E-state index contributed by atoms with van der Waals surface area (Å²) in [5.41, 5.74) is 6.44. The van der Waals surface area contributed by atoms with E-state index >= 15 is 0 Å². The summed E-state index contributed by atoms with van der Waals surface area (Å²) >= 11 is 0. The average Bonchev–Trinajstić information content (AvgIpc) is 3.35. The Bertz CT molecular complexity index is 1460. The van der Waals surface area contributed by atoms with Crippen LogP contribution >= 0.6 is 0 Å². The third kappa shape index (κ3) is 2.79. The number of nitrogens with zero attached hydrogens (tertiary/aromatic N) is 5. The Labute approximate surface area is 171 Å². The molecule has 0 bridgehead atoms. The Balaban J connectivity index is 1.38. The highest BCUT2D eigenvalue weighted by molar-refractivity contribution is 5.99. The molecule has 4 heterocycles. The van der Waals surface area contributed by atoms with Crippen LogP contribution in [0.4, 0.5) is 5.69 Å². The van der Waals surface area contributed by atoms with Gasteiger partial charge in [0, 0.05) is 29.3 Å². The van der Waals surface area contributed by atoms with Crippen molar-refractivity contribution in [2.75, 3.05) is 5.32 Å². The molecule has 5 aromatic rings. The number of aromatic nitrogens is 5. The number of amides is 1. The number of hydrogen-bond donors (Lipinski definition) is 1. The predicted molar refractivity (Wildman–Crippen MR) is 113 cm³/mol. The first-order valence-electron chi connectivity index (χ1n) is 9.71. The lowest BCUT2D eigenvalue weighted by Crippen LogP contribution is -2.03. The Morgan fingerprint density at radius 2 is 1.97 bits per heavy atom. The van der Waals surface area contributed by atoms with Crippen LogP contribution in [0.5, 0.6) is 0 Å². The molecule has 0 unspecified atom stereocenters. The summed E-state index contributed by atoms with van der Waals surface area (Å²) in [6.45, 7) is 0. The molecule has 7 heteroatoms. The molecular formula is C23H16N6O. The lowest BCUT2D eigenvalue weighted by molar-refractivity contribution is -0.115. The van der Waals surface area contributed by atoms with Gasteiger partial charge in [0.25, 0.3) is 0 Å². The molecular weight excluding hydrogens is 376 g/mol. The van der Waals surface area contributed by atoms with Crippen LogP contribution in [0.2, 0.25) is 0 Å². The highest BCUT2D eigenvalue weighted by Gasteiger charge is 2.18. The first-order chi connectivity index (χ1) is 14.7. The maximum absolute atomic E-state index is 11.6. The van der Waals surface area contributed by atoms with Gasteiger partial charge in [-0.2, -0.15) is 9.61 Å². The van der Waals surface area contributed by atoms with Crippen molar-refractivity contribution in [1.29, 1.82) is 0 Å². The summed E-state index contributed by atoms with van der Waals surface area (Å²) in [6.07, 6.45) is 2.82. The number of benzene rings is 2. The Hall–Kier alpha value is -4.13. The molecule has 0 aliphatic carbocycles. The van der Waals surface area contributed by atoms with Gasteiger partial charge in [-0.1, -0.05) is 18.2 Å². The fourth-order valence-electron chi connectivity index (χ4n) is 3.90. The van der Waals surface area contributed by atoms with Crippen LogP contribution in [0.3, 0.4) is 0 Å². The van der Waals surface area contributed by atoms with Crippen LogP contribution in [0, 0.1) is 0 Å². The number of anilines is 1. The average molecular weight is 392 g/mol. The summed E-state index contributed by atoms with van der Waals surface area (Å²) in [7, 11) is 0. The molecule has 6 rings (SSSR count). The van der Waals surface area contributed by atoms with Crippen molar-refractivity contribution in [3.8, 4) is 11.3 Å². The lowest BCUT2D eigenvalue weighted by Gasteiger charge is -2.06. The molecule has 0 spiro atoms. The van der Waals surface area contributed by atoms with Crippen LogP contribution in [-0.2, 0) is 17.6 Å². The molecule has 1 amide bonds. The largest absolute Gasteiger partial charge is 0.326 e. The highest BCUT2D eigenvalue weighted by Crippen LogP contribution is 2.28. The molecule has 30 heavy (non-hydrogen) atoms. The third-order valence-electron chi connectivity index (χ3n) is 5.38. The second-order valence-corrected chi connectivity index (χ2v) is 7.41. The zero-order valence-corrected chi connectivity index (χ0v) is 15.9. The monoisotopic (exact) mass is 392 g/mol. The summed E-state index contributed by atoms with van der Waals surface area (Å²) in [6, 6.07) is 20.0. The zero-order chi connectivity index (χ0) is 20.1. The molecule has 2 aromatic carbocycles. The number of pyridine rings is 1. The van der Waals surface area contributed by atoms with Crippen molar-refractivity contribution >= 4 is 28.1 Å². The maximum Gasteiger partial charge on any atom is 0.228 e. The molecule has 3 aromatic heterocycles. The predicted octanol–water partition coefficient (Wildman–Crippen LogP) is 3.42. The molecule has 0 fully saturated rings. The quantitative estimate of drug-likeness (QED) is 0.508. The van der Waals surface area contributed by atoms with E-state index in [2.05, 4.69) is 38.7 Å². The molecule has 0 saturated carbocycles. The lowest BCUT2D eigenvalue weighted by atomic mass is 10.1. The molecule has 144 valence electrons. The van der Waals surface area contributed by atoms with Gasteiger partial charge in [0.2, 0.25) is 5.91 Å². The second-order valence-electron chi connectivity index (χ2n) is 7.41. The zero-order valence-electron chi connectivity index (χ0n) is 15.9. The van der Waals surface area contributed by atoms with E-state index < -0.39 is 0 Å². The van der Waals surface area contributed by atoms with Crippen molar-refractivity contribution in [1.82, 2.24) is 24.8 Å². The van der Waals surface area contributed by atoms with E-state index in [0.717, 1.165) is 44.8 Å². The number of nitrogens with one attached hydrogen (secondary N) is 1. The van der Waals surface area contributed by atoms with Crippen molar-refractivity contribution in [3.63, 3.8) is 0 Å². The Morgan fingerprint density at radius 3 is 2.93 bits per heavy atom. The van der Waals surface area contributed by atoms with Crippen LogP contribution in [-0.4, -0.2) is 30.7 Å². The van der Waals surface area contributed by atoms with Crippen molar-refractivity contribution in [3.05, 3.63) is 83.8 Å². The first-order valence-corrected chi connectivity index (χ1v) is 9.71. The standard InChI is InChI=1S/C23H16N6O/c30-23-13-17-12-16(4-6-19(17)25-23)20-7-8-21-26-27-22(29(21)28-20)11-14-3-5-18-15(10-14)2-1-9-24-18/h1-10,12H,11,13H2,(H,25,30). The first kappa shape index (κ1) is 16.8. The van der Waals surface area contributed by atoms with Gasteiger partial charge >= 0.3 is 0 Å². The van der Waals surface area contributed by atoms with Gasteiger partial charge in [-0.25, -0.2) is 0 Å². The number of carbonyl (C=O) groups is 1. The fourth-order valence-corrected chi connectivity index (χ4v) is 3.90. The van der Waals surface area contributed by atoms with Crippen LogP contribution in [0.25, 0.3) is 27.8 Å². The molecule has 0 atom stereocenters. The number of fused-ring (bicyclic) bond motifs is 3. The van der Waals surface area contributed by atoms with Crippen molar-refractivity contribution in [2.45, 2.75) is 12.8 Å². The normalized spacial score (nSPS) is 13.0. The third-order valence-corrected chi connectivity index (χ3v) is 5.38. The summed E-state index contributed by atoms with van der Waals surface area (Å²) in [4.78, 5) is 16.0. The summed E-state index contributed by atoms with van der Waals surface area (Å²) in [5, 5.41) is 17.4. The minimum Gasteiger partial charge on any atom is -0.326 e. The van der Waals surface area contributed by atoms with E-state index in [1.165, 1.54) is 0 Å². The minimum absolute atomic E-state index is 0.0252. The topological polar surface area (TPSA) is 85.1 Å². The van der Waals surface area contributed by atoms with E-state index in [-0.39, 0.29) is 5.91 Å². The highest BCUT2D eigenvalue weighted by atomic mass is 16.1. The van der Waals surface area contributed by atoms with Gasteiger partial charge in [0.1, 0.15) is 0 Å². The molecule has 1 N–H and O–H groups in total. The SMILES string of the molecule is O=C1Cc2cc(-c3ccc4nnc(Cc5ccc6ncccc6c5)n4n3)ccc2N1. The Morgan fingerprint density at radius 1 is 1.00 bits per heavy atom. The molecule has 1 aliphatic heterocycles. The van der Waals surface area contributed by atoms with Gasteiger partial charge < -0.3 is 5.32 Å². The number of hydrogen-bond acceptors (Lipinski definition) is 5. The maximum atomic E-state index is 11.6. The number of rotatable bonds is 3. The molecule has 7 nitrogen and oxygen atoms in total. The minimum atomic E-state index is 0.0252. The van der Waals surface area contributed by atoms with Gasteiger partial charge in [0.05, 0.1) is 17.6 Å². The van der Waals surface area contributed by atoms with Crippen LogP contribution < -0.4 is 5.32 Å². The van der Waals surface area contributed by atoms with Crippen molar-refractivity contribution < 1.29 is 4.79 Å². The number of carbonyl (C=O) groups excluding carboxylic acids is 1. The van der Waals surface area contributed by atoms with Crippen LogP contribution in [0.1, 0.15) is 17.0 Å². The van der Waals surface area contributed by atoms with E-state index in [1.807, 2.05) is 42.5 Å². The summed E-state index contributed by atoms with van der Waals surface area (Å²) in [5.74, 6) is 0.797.